The van der Waals surface area contributed by atoms with E-state index in [0.717, 1.165) is 6.42 Å². The molecule has 1 saturated heterocycles. The molecule has 0 aliphatic carbocycles. The minimum Gasteiger partial charge on any atom is -0.467 e. The fraction of sp³-hybridized carbons (Fsp3) is 0.875. The van der Waals surface area contributed by atoms with Crippen LogP contribution in [0, 0.1) is 5.92 Å². The van der Waals surface area contributed by atoms with Crippen LogP contribution in [0.1, 0.15) is 6.42 Å². The number of ether oxygens (including phenoxy) is 3. The smallest absolute Gasteiger partial charge is 0.335 e. The molecular weight excluding hydrogens is 160 g/mol. The van der Waals surface area contributed by atoms with Crippen molar-refractivity contribution in [2.75, 3.05) is 27.4 Å². The molecule has 0 spiro atoms. The fourth-order valence-corrected chi connectivity index (χ4v) is 1.40. The maximum Gasteiger partial charge on any atom is 0.335 e. The van der Waals surface area contributed by atoms with Gasteiger partial charge in [-0.05, 0) is 6.42 Å². The van der Waals surface area contributed by atoms with E-state index in [1.165, 1.54) is 7.11 Å². The molecule has 0 radical (unpaired) electrons. The molecule has 1 aliphatic rings. The van der Waals surface area contributed by atoms with E-state index in [-0.39, 0.29) is 11.9 Å². The van der Waals surface area contributed by atoms with E-state index in [1.807, 2.05) is 0 Å². The molecule has 1 rings (SSSR count). The fourth-order valence-electron chi connectivity index (χ4n) is 1.40. The number of carbonyl (C=O) groups excluding carboxylic acids is 1. The summed E-state index contributed by atoms with van der Waals surface area (Å²) >= 11 is 0. The average molecular weight is 174 g/mol. The summed E-state index contributed by atoms with van der Waals surface area (Å²) in [4.78, 5) is 11.1. The van der Waals surface area contributed by atoms with E-state index in [1.54, 1.807) is 7.11 Å². The molecule has 4 heteroatoms. The van der Waals surface area contributed by atoms with Crippen molar-refractivity contribution in [2.24, 2.45) is 5.92 Å². The first-order valence-electron chi connectivity index (χ1n) is 3.98. The topological polar surface area (TPSA) is 44.8 Å². The summed E-state index contributed by atoms with van der Waals surface area (Å²) in [5.41, 5.74) is 0. The molecule has 0 aromatic carbocycles. The van der Waals surface area contributed by atoms with Gasteiger partial charge in [-0.25, -0.2) is 4.79 Å². The quantitative estimate of drug-likeness (QED) is 0.574. The third-order valence-corrected chi connectivity index (χ3v) is 2.03. The highest BCUT2D eigenvalue weighted by Crippen LogP contribution is 2.21. The van der Waals surface area contributed by atoms with Crippen LogP contribution in [0.15, 0.2) is 0 Å². The molecule has 0 unspecified atom stereocenters. The van der Waals surface area contributed by atoms with Crippen molar-refractivity contribution in [1.29, 1.82) is 0 Å². The molecule has 70 valence electrons. The first kappa shape index (κ1) is 9.48. The van der Waals surface area contributed by atoms with Gasteiger partial charge in [-0.3, -0.25) is 0 Å². The van der Waals surface area contributed by atoms with Crippen LogP contribution in [-0.2, 0) is 19.0 Å². The largest absolute Gasteiger partial charge is 0.467 e. The molecule has 4 nitrogen and oxygen atoms in total. The molecule has 0 saturated carbocycles. The Hall–Kier alpha value is -0.610. The second kappa shape index (κ2) is 4.42. The normalized spacial score (nSPS) is 28.8. The maximum atomic E-state index is 11.1. The van der Waals surface area contributed by atoms with Gasteiger partial charge in [0.05, 0.1) is 13.7 Å². The summed E-state index contributed by atoms with van der Waals surface area (Å²) in [5, 5.41) is 0. The molecule has 0 aromatic heterocycles. The van der Waals surface area contributed by atoms with Crippen LogP contribution in [0.5, 0.6) is 0 Å². The summed E-state index contributed by atoms with van der Waals surface area (Å²) in [5.74, 6) is -0.142. The van der Waals surface area contributed by atoms with Crippen LogP contribution in [0.3, 0.4) is 0 Å². The van der Waals surface area contributed by atoms with Gasteiger partial charge < -0.3 is 14.2 Å². The standard InChI is InChI=1S/C8H14O4/c1-10-5-6-3-4-12-7(6)8(9)11-2/h6-7H,3-5H2,1-2H3/t6-,7+/m1/s1. The number of hydrogen-bond donors (Lipinski definition) is 0. The zero-order valence-corrected chi connectivity index (χ0v) is 7.41. The minimum atomic E-state index is -0.421. The molecule has 0 aromatic rings. The van der Waals surface area contributed by atoms with Gasteiger partial charge >= 0.3 is 5.97 Å². The molecule has 0 amide bonds. The van der Waals surface area contributed by atoms with Gasteiger partial charge in [0.2, 0.25) is 0 Å². The van der Waals surface area contributed by atoms with Gasteiger partial charge in [0, 0.05) is 19.6 Å². The summed E-state index contributed by atoms with van der Waals surface area (Å²) in [7, 11) is 2.99. The zero-order chi connectivity index (χ0) is 8.97. The Morgan fingerprint density at radius 1 is 1.58 bits per heavy atom. The Bertz CT molecular complexity index is 157. The van der Waals surface area contributed by atoms with Crippen LogP contribution in [0.2, 0.25) is 0 Å². The predicted molar refractivity (Wildman–Crippen MR) is 41.7 cm³/mol. The van der Waals surface area contributed by atoms with Gasteiger partial charge in [-0.15, -0.1) is 0 Å². The van der Waals surface area contributed by atoms with Crippen LogP contribution >= 0.6 is 0 Å². The highest BCUT2D eigenvalue weighted by molar-refractivity contribution is 5.75. The Labute approximate surface area is 71.8 Å². The van der Waals surface area contributed by atoms with Gasteiger partial charge in [0.25, 0.3) is 0 Å². The van der Waals surface area contributed by atoms with Crippen molar-refractivity contribution in [3.05, 3.63) is 0 Å². The molecule has 1 aliphatic heterocycles. The van der Waals surface area contributed by atoms with E-state index in [9.17, 15) is 4.79 Å². The molecule has 1 fully saturated rings. The molecule has 0 N–H and O–H groups in total. The summed E-state index contributed by atoms with van der Waals surface area (Å²) in [6.45, 7) is 1.17. The lowest BCUT2D eigenvalue weighted by atomic mass is 10.0. The van der Waals surface area contributed by atoms with Crippen LogP contribution < -0.4 is 0 Å². The number of carbonyl (C=O) groups is 1. The second-order valence-corrected chi connectivity index (χ2v) is 2.82. The number of rotatable bonds is 3. The van der Waals surface area contributed by atoms with Crippen molar-refractivity contribution in [1.82, 2.24) is 0 Å². The third-order valence-electron chi connectivity index (χ3n) is 2.03. The number of hydrogen-bond acceptors (Lipinski definition) is 4. The molecule has 12 heavy (non-hydrogen) atoms. The van der Waals surface area contributed by atoms with E-state index < -0.39 is 6.10 Å². The lowest BCUT2D eigenvalue weighted by Crippen LogP contribution is -2.30. The van der Waals surface area contributed by atoms with E-state index in [4.69, 9.17) is 9.47 Å². The minimum absolute atomic E-state index is 0.155. The van der Waals surface area contributed by atoms with Crippen molar-refractivity contribution in [2.45, 2.75) is 12.5 Å². The maximum absolute atomic E-state index is 11.1. The van der Waals surface area contributed by atoms with E-state index >= 15 is 0 Å². The van der Waals surface area contributed by atoms with Crippen LogP contribution in [0.4, 0.5) is 0 Å². The third kappa shape index (κ3) is 1.95. The highest BCUT2D eigenvalue weighted by atomic mass is 16.6. The van der Waals surface area contributed by atoms with E-state index in [0.29, 0.717) is 13.2 Å². The average Bonchev–Trinajstić information content (AvgIpc) is 2.52. The predicted octanol–water partition coefficient (Wildman–Crippen LogP) is 0.211. The monoisotopic (exact) mass is 174 g/mol. The van der Waals surface area contributed by atoms with Crippen LogP contribution in [-0.4, -0.2) is 39.5 Å². The zero-order valence-electron chi connectivity index (χ0n) is 7.41. The lowest BCUT2D eigenvalue weighted by Gasteiger charge is -2.14. The molecular formula is C8H14O4. The Morgan fingerprint density at radius 2 is 2.33 bits per heavy atom. The SMILES string of the molecule is COC[C@H]1CCO[C@@H]1C(=O)OC. The number of esters is 1. The van der Waals surface area contributed by atoms with Crippen LogP contribution in [0.25, 0.3) is 0 Å². The summed E-state index contributed by atoms with van der Waals surface area (Å²) in [6, 6.07) is 0. The van der Waals surface area contributed by atoms with Crippen molar-refractivity contribution >= 4 is 5.97 Å². The van der Waals surface area contributed by atoms with Gasteiger partial charge in [0.15, 0.2) is 6.10 Å². The molecule has 2 atom stereocenters. The Balaban J connectivity index is 2.45. The van der Waals surface area contributed by atoms with Crippen molar-refractivity contribution in [3.8, 4) is 0 Å². The Kier molecular flexibility index (Phi) is 3.49. The lowest BCUT2D eigenvalue weighted by molar-refractivity contribution is -0.153. The number of methoxy groups -OCH3 is 2. The highest BCUT2D eigenvalue weighted by Gasteiger charge is 2.34. The molecule has 1 heterocycles. The van der Waals surface area contributed by atoms with Gasteiger partial charge in [0.1, 0.15) is 0 Å². The van der Waals surface area contributed by atoms with Gasteiger partial charge in [-0.2, -0.15) is 0 Å². The molecule has 0 bridgehead atoms. The van der Waals surface area contributed by atoms with Crippen molar-refractivity contribution in [3.63, 3.8) is 0 Å². The summed E-state index contributed by atoms with van der Waals surface area (Å²) < 4.78 is 14.8. The summed E-state index contributed by atoms with van der Waals surface area (Å²) in [6.07, 6.45) is 0.447. The first-order valence-corrected chi connectivity index (χ1v) is 3.98. The Morgan fingerprint density at radius 3 is 2.92 bits per heavy atom. The van der Waals surface area contributed by atoms with Crippen molar-refractivity contribution < 1.29 is 19.0 Å². The second-order valence-electron chi connectivity index (χ2n) is 2.82. The first-order chi connectivity index (χ1) is 5.79. The van der Waals surface area contributed by atoms with Gasteiger partial charge in [-0.1, -0.05) is 0 Å². The van der Waals surface area contributed by atoms with E-state index in [2.05, 4.69) is 4.74 Å².